The molecule has 0 aliphatic rings. The Bertz CT molecular complexity index is 1150. The van der Waals surface area contributed by atoms with Crippen LogP contribution >= 0.6 is 0 Å². The molecule has 0 radical (unpaired) electrons. The summed E-state index contributed by atoms with van der Waals surface area (Å²) in [7, 11) is 0. The third kappa shape index (κ3) is 3.11. The smallest absolute Gasteiger partial charge is 0.340 e. The molecular formula is C21H17FN2O4. The highest BCUT2D eigenvalue weighted by Crippen LogP contribution is 2.40. The number of furan rings is 1. The van der Waals surface area contributed by atoms with Crippen LogP contribution in [0.3, 0.4) is 0 Å². The van der Waals surface area contributed by atoms with Crippen LogP contribution in [0, 0.1) is 5.82 Å². The quantitative estimate of drug-likeness (QED) is 0.502. The fraction of sp³-hybridized carbons (Fsp3) is 0.143. The number of hydrogen-bond donors (Lipinski definition) is 2. The van der Waals surface area contributed by atoms with E-state index in [1.165, 1.54) is 24.3 Å². The summed E-state index contributed by atoms with van der Waals surface area (Å²) >= 11 is 0. The number of aromatic carboxylic acids is 1. The summed E-state index contributed by atoms with van der Waals surface area (Å²) in [6.45, 7) is 3.77. The Balaban J connectivity index is 1.99. The van der Waals surface area contributed by atoms with Crippen molar-refractivity contribution in [3.05, 3.63) is 60.0 Å². The normalized spacial score (nSPS) is 11.3. The van der Waals surface area contributed by atoms with Gasteiger partial charge in [-0.05, 0) is 56.3 Å². The van der Waals surface area contributed by atoms with Crippen molar-refractivity contribution in [2.24, 2.45) is 0 Å². The molecule has 0 aliphatic carbocycles. The molecule has 2 N–H and O–H groups in total. The number of rotatable bonds is 5. The first kappa shape index (κ1) is 17.8. The Hall–Kier alpha value is -3.61. The summed E-state index contributed by atoms with van der Waals surface area (Å²) in [6.07, 6.45) is 1.50. The monoisotopic (exact) mass is 380 g/mol. The number of ether oxygens (including phenoxy) is 1. The number of benzene rings is 2. The van der Waals surface area contributed by atoms with Crippen molar-refractivity contribution < 1.29 is 23.4 Å². The van der Waals surface area contributed by atoms with Gasteiger partial charge in [-0.15, -0.1) is 0 Å². The molecule has 0 aliphatic heterocycles. The highest BCUT2D eigenvalue weighted by Gasteiger charge is 2.24. The van der Waals surface area contributed by atoms with Gasteiger partial charge in [0.15, 0.2) is 0 Å². The zero-order valence-electron chi connectivity index (χ0n) is 15.2. The van der Waals surface area contributed by atoms with Crippen molar-refractivity contribution in [3.8, 4) is 28.3 Å². The number of carboxylic acids is 1. The number of carboxylic acid groups (broad SMARTS) is 1. The summed E-state index contributed by atoms with van der Waals surface area (Å²) in [4.78, 5) is 12.0. The molecular weight excluding hydrogens is 363 g/mol. The maximum Gasteiger partial charge on any atom is 0.340 e. The molecule has 28 heavy (non-hydrogen) atoms. The number of nitrogens with one attached hydrogen (secondary N) is 1. The summed E-state index contributed by atoms with van der Waals surface area (Å²) in [5, 5.41) is 17.1. The van der Waals surface area contributed by atoms with Crippen LogP contribution in [0.25, 0.3) is 33.6 Å². The summed E-state index contributed by atoms with van der Waals surface area (Å²) in [5.74, 6) is -0.866. The molecule has 6 nitrogen and oxygen atoms in total. The molecule has 0 unspecified atom stereocenters. The largest absolute Gasteiger partial charge is 0.490 e. The van der Waals surface area contributed by atoms with Gasteiger partial charge in [0.1, 0.15) is 28.5 Å². The van der Waals surface area contributed by atoms with E-state index in [2.05, 4.69) is 10.2 Å². The van der Waals surface area contributed by atoms with Gasteiger partial charge in [0.2, 0.25) is 0 Å². The number of nitrogens with zero attached hydrogens (tertiary/aromatic N) is 1. The lowest BCUT2D eigenvalue weighted by Crippen LogP contribution is -2.07. The zero-order chi connectivity index (χ0) is 19.8. The van der Waals surface area contributed by atoms with Crippen molar-refractivity contribution in [1.29, 1.82) is 0 Å². The van der Waals surface area contributed by atoms with Gasteiger partial charge in [0.05, 0.1) is 11.8 Å². The lowest BCUT2D eigenvalue weighted by molar-refractivity contribution is 0.0699. The Morgan fingerprint density at radius 2 is 1.96 bits per heavy atom. The Labute approximate surface area is 159 Å². The van der Waals surface area contributed by atoms with Crippen molar-refractivity contribution >= 4 is 16.9 Å². The molecule has 2 aromatic carbocycles. The average molecular weight is 380 g/mol. The summed E-state index contributed by atoms with van der Waals surface area (Å²) < 4.78 is 25.1. The van der Waals surface area contributed by atoms with Gasteiger partial charge in [-0.2, -0.15) is 5.10 Å². The summed E-state index contributed by atoms with van der Waals surface area (Å²) in [5.41, 5.74) is 2.29. The molecule has 4 aromatic rings. The average Bonchev–Trinajstić information content (AvgIpc) is 3.28. The van der Waals surface area contributed by atoms with Crippen molar-refractivity contribution in [3.63, 3.8) is 0 Å². The maximum absolute atomic E-state index is 13.3. The Morgan fingerprint density at radius 3 is 2.57 bits per heavy atom. The van der Waals surface area contributed by atoms with E-state index in [1.807, 2.05) is 13.8 Å². The van der Waals surface area contributed by atoms with Crippen LogP contribution in [0.1, 0.15) is 24.2 Å². The SMILES string of the molecule is CC(C)Oc1cc2c(C(=O)O)c(-c3ccc(F)cc3)oc2cc1-c1ccn[nH]1. The molecule has 0 spiro atoms. The van der Waals surface area contributed by atoms with Gasteiger partial charge in [0, 0.05) is 22.7 Å². The number of aromatic nitrogens is 2. The lowest BCUT2D eigenvalue weighted by Gasteiger charge is -2.13. The van der Waals surface area contributed by atoms with Gasteiger partial charge in [-0.3, -0.25) is 5.10 Å². The molecule has 0 amide bonds. The minimum Gasteiger partial charge on any atom is -0.490 e. The van der Waals surface area contributed by atoms with Crippen molar-refractivity contribution in [1.82, 2.24) is 10.2 Å². The van der Waals surface area contributed by atoms with Crippen LogP contribution < -0.4 is 4.74 Å². The maximum atomic E-state index is 13.3. The fourth-order valence-electron chi connectivity index (χ4n) is 3.11. The van der Waals surface area contributed by atoms with Crippen molar-refractivity contribution in [2.75, 3.05) is 0 Å². The van der Waals surface area contributed by atoms with Gasteiger partial charge in [-0.1, -0.05) is 0 Å². The number of hydrogen-bond acceptors (Lipinski definition) is 4. The van der Waals surface area contributed by atoms with Crippen LogP contribution in [-0.2, 0) is 0 Å². The van der Waals surface area contributed by atoms with E-state index in [9.17, 15) is 14.3 Å². The van der Waals surface area contributed by atoms with Gasteiger partial charge in [-0.25, -0.2) is 9.18 Å². The molecule has 2 heterocycles. The number of halogens is 1. The predicted octanol–water partition coefficient (Wildman–Crippen LogP) is 5.11. The van der Waals surface area contributed by atoms with Crippen LogP contribution in [0.5, 0.6) is 5.75 Å². The van der Waals surface area contributed by atoms with Crippen LogP contribution in [0.15, 0.2) is 53.1 Å². The van der Waals surface area contributed by atoms with E-state index >= 15 is 0 Å². The van der Waals surface area contributed by atoms with Gasteiger partial charge < -0.3 is 14.3 Å². The topological polar surface area (TPSA) is 88.3 Å². The molecule has 0 fully saturated rings. The Kier molecular flexibility index (Phi) is 4.35. The lowest BCUT2D eigenvalue weighted by atomic mass is 10.0. The third-order valence-electron chi connectivity index (χ3n) is 4.26. The molecule has 0 bridgehead atoms. The highest BCUT2D eigenvalue weighted by atomic mass is 19.1. The molecule has 0 saturated heterocycles. The molecule has 4 rings (SSSR count). The molecule has 2 aromatic heterocycles. The number of carbonyl (C=O) groups is 1. The second-order valence-electron chi connectivity index (χ2n) is 6.60. The van der Waals surface area contributed by atoms with Crippen molar-refractivity contribution in [2.45, 2.75) is 20.0 Å². The predicted molar refractivity (Wildman–Crippen MR) is 102 cm³/mol. The van der Waals surface area contributed by atoms with Crippen LogP contribution in [-0.4, -0.2) is 27.4 Å². The zero-order valence-corrected chi connectivity index (χ0v) is 15.2. The third-order valence-corrected chi connectivity index (χ3v) is 4.26. The first-order chi connectivity index (χ1) is 13.4. The van der Waals surface area contributed by atoms with E-state index in [0.717, 1.165) is 0 Å². The number of aromatic amines is 1. The first-order valence-electron chi connectivity index (χ1n) is 8.70. The molecule has 142 valence electrons. The standard InChI is InChI=1S/C21H17FN2O4/c1-11(2)27-17-10-15-18(9-14(17)16-7-8-23-24-16)28-20(19(15)21(25)26)12-3-5-13(22)6-4-12/h3-11H,1-2H3,(H,23,24)(H,25,26). The van der Waals surface area contributed by atoms with Gasteiger partial charge >= 0.3 is 5.97 Å². The molecule has 0 saturated carbocycles. The fourth-order valence-corrected chi connectivity index (χ4v) is 3.11. The second kappa shape index (κ2) is 6.84. The number of fused-ring (bicyclic) bond motifs is 1. The van der Waals surface area contributed by atoms with E-state index in [0.29, 0.717) is 33.5 Å². The van der Waals surface area contributed by atoms with Gasteiger partial charge in [0.25, 0.3) is 0 Å². The highest BCUT2D eigenvalue weighted by molar-refractivity contribution is 6.09. The van der Waals surface area contributed by atoms with E-state index in [-0.39, 0.29) is 17.4 Å². The second-order valence-corrected chi connectivity index (χ2v) is 6.60. The van der Waals surface area contributed by atoms with Crippen LogP contribution in [0.4, 0.5) is 4.39 Å². The first-order valence-corrected chi connectivity index (χ1v) is 8.70. The van der Waals surface area contributed by atoms with E-state index in [4.69, 9.17) is 9.15 Å². The van der Waals surface area contributed by atoms with E-state index in [1.54, 1.807) is 24.4 Å². The Morgan fingerprint density at radius 1 is 1.21 bits per heavy atom. The minimum absolute atomic E-state index is 0.00590. The summed E-state index contributed by atoms with van der Waals surface area (Å²) in [6, 6.07) is 10.7. The molecule has 0 atom stereocenters. The van der Waals surface area contributed by atoms with E-state index < -0.39 is 11.8 Å². The molecule has 7 heteroatoms. The number of H-pyrrole nitrogens is 1. The minimum atomic E-state index is -1.14. The van der Waals surface area contributed by atoms with Crippen LogP contribution in [0.2, 0.25) is 0 Å².